The van der Waals surface area contributed by atoms with Crippen molar-refractivity contribution in [1.82, 2.24) is 0 Å². The average Bonchev–Trinajstić information content (AvgIpc) is 2.71. The fraction of sp³-hybridized carbons (Fsp3) is 0.0500. The van der Waals surface area contributed by atoms with Crippen LogP contribution in [-0.4, -0.2) is 19.2 Å². The van der Waals surface area contributed by atoms with E-state index in [1.807, 2.05) is 0 Å². The molecule has 0 fully saturated rings. The Morgan fingerprint density at radius 2 is 1.69 bits per heavy atom. The molecule has 9 heteroatoms. The molecular formula is C20H17N3O5S. The normalized spacial score (nSPS) is 10.9. The van der Waals surface area contributed by atoms with Crippen molar-refractivity contribution in [1.29, 1.82) is 0 Å². The van der Waals surface area contributed by atoms with E-state index in [2.05, 4.69) is 10.0 Å². The van der Waals surface area contributed by atoms with E-state index >= 15 is 0 Å². The first-order valence-corrected chi connectivity index (χ1v) is 9.99. The summed E-state index contributed by atoms with van der Waals surface area (Å²) in [5.74, 6) is -0.547. The van der Waals surface area contributed by atoms with E-state index in [1.165, 1.54) is 42.5 Å². The van der Waals surface area contributed by atoms with Gasteiger partial charge in [0.25, 0.3) is 21.6 Å². The van der Waals surface area contributed by atoms with Gasteiger partial charge in [-0.3, -0.25) is 19.6 Å². The zero-order valence-electron chi connectivity index (χ0n) is 15.3. The van der Waals surface area contributed by atoms with Crippen molar-refractivity contribution in [2.75, 3.05) is 10.0 Å². The van der Waals surface area contributed by atoms with Crippen LogP contribution in [0.25, 0.3) is 0 Å². The minimum Gasteiger partial charge on any atom is -0.322 e. The first kappa shape index (κ1) is 20.0. The van der Waals surface area contributed by atoms with Crippen LogP contribution in [0.4, 0.5) is 17.1 Å². The number of nitrogens with one attached hydrogen (secondary N) is 2. The maximum absolute atomic E-state index is 12.5. The molecule has 3 aromatic rings. The Labute approximate surface area is 167 Å². The first-order valence-electron chi connectivity index (χ1n) is 8.50. The van der Waals surface area contributed by atoms with E-state index < -0.39 is 20.9 Å². The molecule has 0 aromatic heterocycles. The van der Waals surface area contributed by atoms with Crippen LogP contribution in [0.1, 0.15) is 15.9 Å². The highest BCUT2D eigenvalue weighted by atomic mass is 32.2. The molecule has 148 valence electrons. The van der Waals surface area contributed by atoms with Crippen LogP contribution in [0.15, 0.2) is 77.7 Å². The van der Waals surface area contributed by atoms with Crippen molar-refractivity contribution in [3.8, 4) is 0 Å². The van der Waals surface area contributed by atoms with E-state index in [0.717, 1.165) is 0 Å². The van der Waals surface area contributed by atoms with Gasteiger partial charge in [-0.1, -0.05) is 30.3 Å². The zero-order chi connectivity index (χ0) is 21.0. The number of amides is 1. The minimum absolute atomic E-state index is 0.116. The second-order valence-electron chi connectivity index (χ2n) is 6.21. The standard InChI is InChI=1S/C20H17N3O5S/c1-14-10-11-16(21-20(24)15-6-5-7-17(12-15)23(25)26)13-19(14)22-29(27,28)18-8-3-2-4-9-18/h2-13,22H,1H3,(H,21,24). The van der Waals surface area contributed by atoms with Gasteiger partial charge in [-0.05, 0) is 42.8 Å². The van der Waals surface area contributed by atoms with Crippen LogP contribution < -0.4 is 10.0 Å². The van der Waals surface area contributed by atoms with Gasteiger partial charge in [0.2, 0.25) is 0 Å². The lowest BCUT2D eigenvalue weighted by Crippen LogP contribution is -2.15. The van der Waals surface area contributed by atoms with Gasteiger partial charge < -0.3 is 5.32 Å². The van der Waals surface area contributed by atoms with Crippen molar-refractivity contribution >= 4 is 33.0 Å². The summed E-state index contributed by atoms with van der Waals surface area (Å²) in [6.07, 6.45) is 0. The van der Waals surface area contributed by atoms with Crippen molar-refractivity contribution in [2.24, 2.45) is 0 Å². The number of nitrogens with zero attached hydrogens (tertiary/aromatic N) is 1. The second kappa shape index (κ2) is 8.11. The fourth-order valence-corrected chi connectivity index (χ4v) is 3.72. The second-order valence-corrected chi connectivity index (χ2v) is 7.89. The Kier molecular flexibility index (Phi) is 5.60. The number of nitro benzene ring substituents is 1. The van der Waals surface area contributed by atoms with Crippen LogP contribution >= 0.6 is 0 Å². The summed E-state index contributed by atoms with van der Waals surface area (Å²) >= 11 is 0. The summed E-state index contributed by atoms with van der Waals surface area (Å²) in [6.45, 7) is 1.73. The molecule has 0 atom stereocenters. The van der Waals surface area contributed by atoms with Crippen molar-refractivity contribution in [3.05, 3.63) is 94.0 Å². The Morgan fingerprint density at radius 1 is 0.966 bits per heavy atom. The monoisotopic (exact) mass is 411 g/mol. The van der Waals surface area contributed by atoms with Crippen LogP contribution in [0.3, 0.4) is 0 Å². The Hall–Kier alpha value is -3.72. The van der Waals surface area contributed by atoms with Crippen molar-refractivity contribution in [3.63, 3.8) is 0 Å². The summed E-state index contributed by atoms with van der Waals surface area (Å²) in [6, 6.07) is 18.0. The molecule has 0 radical (unpaired) electrons. The average molecular weight is 411 g/mol. The summed E-state index contributed by atoms with van der Waals surface area (Å²) in [5, 5.41) is 13.5. The highest BCUT2D eigenvalue weighted by Crippen LogP contribution is 2.24. The number of hydrogen-bond donors (Lipinski definition) is 2. The maximum atomic E-state index is 12.5. The van der Waals surface area contributed by atoms with E-state index in [0.29, 0.717) is 16.9 Å². The highest BCUT2D eigenvalue weighted by molar-refractivity contribution is 7.92. The molecule has 0 aliphatic carbocycles. The molecule has 8 nitrogen and oxygen atoms in total. The number of non-ortho nitro benzene ring substituents is 1. The molecule has 0 aliphatic heterocycles. The van der Waals surface area contributed by atoms with Crippen molar-refractivity contribution in [2.45, 2.75) is 11.8 Å². The van der Waals surface area contributed by atoms with E-state index in [9.17, 15) is 23.3 Å². The summed E-state index contributed by atoms with van der Waals surface area (Å²) in [4.78, 5) is 22.8. The Morgan fingerprint density at radius 3 is 2.38 bits per heavy atom. The SMILES string of the molecule is Cc1ccc(NC(=O)c2cccc([N+](=O)[O-])c2)cc1NS(=O)(=O)c1ccccc1. The lowest BCUT2D eigenvalue weighted by Gasteiger charge is -2.13. The molecule has 0 heterocycles. The number of nitro groups is 1. The van der Waals surface area contributed by atoms with Gasteiger partial charge in [-0.25, -0.2) is 8.42 Å². The van der Waals surface area contributed by atoms with Crippen LogP contribution in [-0.2, 0) is 10.0 Å². The van der Waals surface area contributed by atoms with Gasteiger partial charge in [0, 0.05) is 23.4 Å². The van der Waals surface area contributed by atoms with Crippen LogP contribution in [0, 0.1) is 17.0 Å². The molecule has 0 saturated carbocycles. The maximum Gasteiger partial charge on any atom is 0.270 e. The first-order chi connectivity index (χ1) is 13.8. The van der Waals surface area contributed by atoms with Gasteiger partial charge in [0.15, 0.2) is 0 Å². The smallest absolute Gasteiger partial charge is 0.270 e. The lowest BCUT2D eigenvalue weighted by atomic mass is 10.1. The number of aryl methyl sites for hydroxylation is 1. The molecule has 29 heavy (non-hydrogen) atoms. The van der Waals surface area contributed by atoms with E-state index in [-0.39, 0.29) is 16.1 Å². The predicted octanol–water partition coefficient (Wildman–Crippen LogP) is 3.96. The minimum atomic E-state index is -3.79. The summed E-state index contributed by atoms with van der Waals surface area (Å²) < 4.78 is 27.6. The largest absolute Gasteiger partial charge is 0.322 e. The van der Waals surface area contributed by atoms with Gasteiger partial charge in [-0.2, -0.15) is 0 Å². The fourth-order valence-electron chi connectivity index (χ4n) is 2.58. The van der Waals surface area contributed by atoms with Gasteiger partial charge in [0.05, 0.1) is 15.5 Å². The Balaban J connectivity index is 1.83. The third-order valence-electron chi connectivity index (χ3n) is 4.11. The Bertz CT molecular complexity index is 1180. The highest BCUT2D eigenvalue weighted by Gasteiger charge is 2.16. The molecule has 2 N–H and O–H groups in total. The molecule has 0 spiro atoms. The molecule has 3 rings (SSSR count). The third-order valence-corrected chi connectivity index (χ3v) is 5.49. The molecule has 0 aliphatic rings. The summed E-state index contributed by atoms with van der Waals surface area (Å²) in [7, 11) is -3.79. The number of hydrogen-bond acceptors (Lipinski definition) is 5. The quantitative estimate of drug-likeness (QED) is 0.470. The topological polar surface area (TPSA) is 118 Å². The van der Waals surface area contributed by atoms with Crippen molar-refractivity contribution < 1.29 is 18.1 Å². The molecule has 3 aromatic carbocycles. The van der Waals surface area contributed by atoms with E-state index in [4.69, 9.17) is 0 Å². The van der Waals surface area contributed by atoms with Crippen LogP contribution in [0.2, 0.25) is 0 Å². The number of benzene rings is 3. The zero-order valence-corrected chi connectivity index (χ0v) is 16.1. The number of carbonyl (C=O) groups is 1. The molecule has 0 saturated heterocycles. The number of anilines is 2. The summed E-state index contributed by atoms with van der Waals surface area (Å²) in [5.41, 5.74) is 1.24. The number of rotatable bonds is 6. The third kappa shape index (κ3) is 4.77. The van der Waals surface area contributed by atoms with Gasteiger partial charge in [0.1, 0.15) is 0 Å². The molecule has 1 amide bonds. The number of sulfonamides is 1. The lowest BCUT2D eigenvalue weighted by molar-refractivity contribution is -0.384. The number of carbonyl (C=O) groups excluding carboxylic acids is 1. The van der Waals surface area contributed by atoms with Gasteiger partial charge >= 0.3 is 0 Å². The van der Waals surface area contributed by atoms with Crippen LogP contribution in [0.5, 0.6) is 0 Å². The predicted molar refractivity (Wildman–Crippen MR) is 109 cm³/mol. The molecular weight excluding hydrogens is 394 g/mol. The molecule has 0 bridgehead atoms. The van der Waals surface area contributed by atoms with E-state index in [1.54, 1.807) is 37.3 Å². The molecule has 0 unspecified atom stereocenters. The van der Waals surface area contributed by atoms with Gasteiger partial charge in [-0.15, -0.1) is 0 Å².